The summed E-state index contributed by atoms with van der Waals surface area (Å²) in [5, 5.41) is 82.9. The van der Waals surface area contributed by atoms with Crippen molar-refractivity contribution in [3.63, 3.8) is 0 Å². The molecule has 8 bridgehead atoms. The van der Waals surface area contributed by atoms with Gasteiger partial charge in [-0.2, -0.15) is 0 Å². The topological polar surface area (TPSA) is 370 Å². The number of hydrogen-bond donors (Lipinski definition) is 9. The predicted octanol–water partition coefficient (Wildman–Crippen LogP) is 11.4. The van der Waals surface area contributed by atoms with Crippen LogP contribution in [0.1, 0.15) is 152 Å². The molecule has 13 rings (SSSR count). The second-order valence-corrected chi connectivity index (χ2v) is 26.6. The zero-order chi connectivity index (χ0) is 67.2. The van der Waals surface area contributed by atoms with E-state index in [-0.39, 0.29) is 22.3 Å². The van der Waals surface area contributed by atoms with E-state index in [4.69, 9.17) is 20.0 Å². The van der Waals surface area contributed by atoms with Gasteiger partial charge in [-0.25, -0.2) is 58.3 Å². The van der Waals surface area contributed by atoms with Crippen molar-refractivity contribution in [1.82, 2.24) is 20.0 Å². The minimum Gasteiger partial charge on any atom is -0.478 e. The van der Waals surface area contributed by atoms with Crippen LogP contribution >= 0.6 is 47.0 Å². The molecule has 4 unspecified atom stereocenters. The summed E-state index contributed by atoms with van der Waals surface area (Å²) in [6.07, 6.45) is -3.37. The summed E-state index contributed by atoms with van der Waals surface area (Å²) in [7, 11) is 5.52. The molecule has 0 spiro atoms. The van der Waals surface area contributed by atoms with Gasteiger partial charge in [0.05, 0.1) is 44.5 Å². The number of rotatable bonds is 16. The molecule has 0 aliphatic carbocycles. The first-order valence-corrected chi connectivity index (χ1v) is 31.6. The van der Waals surface area contributed by atoms with Gasteiger partial charge in [-0.1, -0.05) is 47.0 Å². The number of carbonyl (C=O) groups is 8. The lowest BCUT2D eigenvalue weighted by atomic mass is 10.1. The second kappa shape index (κ2) is 24.4. The van der Waals surface area contributed by atoms with Crippen molar-refractivity contribution in [3.8, 4) is 0 Å². The number of amidine groups is 4. The molecule has 0 fully saturated rings. The molecular formula is C67H46N8O16S4. The first-order chi connectivity index (χ1) is 45.4. The summed E-state index contributed by atoms with van der Waals surface area (Å²) < 4.78 is 0. The number of aromatic carboxylic acids is 8. The van der Waals surface area contributed by atoms with Crippen LogP contribution in [0.15, 0.2) is 205 Å². The van der Waals surface area contributed by atoms with Gasteiger partial charge in [0.2, 0.25) is 0 Å². The van der Waals surface area contributed by atoms with E-state index in [1.54, 1.807) is 0 Å². The Morgan fingerprint density at radius 3 is 0.842 bits per heavy atom. The van der Waals surface area contributed by atoms with Crippen LogP contribution in [0, 0.1) is 0 Å². The summed E-state index contributed by atoms with van der Waals surface area (Å²) in [5.41, 5.74) is 2.24. The molecule has 5 aliphatic rings. The molecule has 9 N–H and O–H groups in total. The molecule has 95 heavy (non-hydrogen) atoms. The Hall–Kier alpha value is -11.2. The maximum atomic E-state index is 12.3. The number of benzene rings is 8. The van der Waals surface area contributed by atoms with E-state index in [0.717, 1.165) is 0 Å². The first-order valence-electron chi connectivity index (χ1n) is 28.4. The van der Waals surface area contributed by atoms with Crippen molar-refractivity contribution >= 4 is 118 Å². The zero-order valence-electron chi connectivity index (χ0n) is 49.3. The quantitative estimate of drug-likeness (QED) is 0.0434. The lowest BCUT2D eigenvalue weighted by Gasteiger charge is -2.26. The van der Waals surface area contributed by atoms with E-state index in [1.165, 1.54) is 120 Å². The second-order valence-electron chi connectivity index (χ2n) is 22.0. The number of fused-ring (bicyclic) bond motifs is 20. The third-order valence-corrected chi connectivity index (χ3v) is 20.2. The van der Waals surface area contributed by atoms with Crippen LogP contribution in [0.3, 0.4) is 0 Å². The summed E-state index contributed by atoms with van der Waals surface area (Å²) in [6, 6.07) is 38.7. The highest BCUT2D eigenvalue weighted by molar-refractivity contribution is 8.00. The standard InChI is InChI=1S/C67H46N8O16S4/c1-73-54-37-13-5-30(94-34-10-18-42(62(80)81)50(26-34)66(88)89)22-46(37)58(73)72-56-39-15-7-31(95-35-11-19-43(63(82)83)51(27-35)67(90)91)23-47(39)59(75(56)3)71-55-38-14-6-29(93-33-9-17-41(61(78)79)49(25-33)65(86)87)21-45(38)57(74(55)2)69-52-36-12-4-28(20-44(36)53(68-52)70-54)92-32-8-16-40(60(76)77)48(24-32)64(84)85/h4-27,53,57-59H,1-3H3,(H,68,69)(H,76,77)(H,78,79)(H,80,81)(H,82,83)(H,84,85)(H,86,87)(H,88,89)(H,90,91). The van der Waals surface area contributed by atoms with Gasteiger partial charge in [0.25, 0.3) is 0 Å². The highest BCUT2D eigenvalue weighted by atomic mass is 32.2. The van der Waals surface area contributed by atoms with E-state index in [0.29, 0.717) is 107 Å². The Bertz CT molecular complexity index is 4940. The summed E-state index contributed by atoms with van der Waals surface area (Å²) in [5.74, 6) is -9.40. The zero-order valence-corrected chi connectivity index (χ0v) is 52.5. The number of aliphatic imine (C=N–C) groups is 4. The fourth-order valence-electron chi connectivity index (χ4n) is 11.9. The molecule has 474 valence electrons. The molecule has 0 aromatic heterocycles. The molecule has 0 saturated carbocycles. The normalized spacial score (nSPS) is 17.1. The Kier molecular flexibility index (Phi) is 16.1. The third kappa shape index (κ3) is 11.5. The molecular weight excluding hydrogens is 1300 g/mol. The fourth-order valence-corrected chi connectivity index (χ4v) is 15.5. The number of hydrogen-bond acceptors (Lipinski definition) is 20. The molecule has 0 amide bonds. The first kappa shape index (κ1) is 62.6. The van der Waals surface area contributed by atoms with Crippen LogP contribution in [0.25, 0.3) is 0 Å². The Balaban J connectivity index is 1.00. The minimum absolute atomic E-state index is 0.375. The third-order valence-electron chi connectivity index (χ3n) is 16.3. The maximum absolute atomic E-state index is 12.3. The maximum Gasteiger partial charge on any atom is 0.336 e. The van der Waals surface area contributed by atoms with Gasteiger partial charge in [0.1, 0.15) is 29.5 Å². The van der Waals surface area contributed by atoms with Gasteiger partial charge in [-0.15, -0.1) is 0 Å². The summed E-state index contributed by atoms with van der Waals surface area (Å²) >= 11 is 4.83. The summed E-state index contributed by atoms with van der Waals surface area (Å²) in [4.78, 5) is 130. The lowest BCUT2D eigenvalue weighted by Crippen LogP contribution is -2.31. The predicted molar refractivity (Wildman–Crippen MR) is 347 cm³/mol. The van der Waals surface area contributed by atoms with Gasteiger partial charge in [-0.3, -0.25) is 0 Å². The van der Waals surface area contributed by atoms with Gasteiger partial charge < -0.3 is 60.9 Å². The van der Waals surface area contributed by atoms with E-state index in [9.17, 15) is 79.2 Å². The van der Waals surface area contributed by atoms with Crippen LogP contribution < -0.4 is 5.32 Å². The molecule has 28 heteroatoms. The van der Waals surface area contributed by atoms with Crippen molar-refractivity contribution in [2.75, 3.05) is 21.1 Å². The molecule has 0 saturated heterocycles. The van der Waals surface area contributed by atoms with E-state index < -0.39 is 94.7 Å². The number of nitrogens with one attached hydrogen (secondary N) is 1. The van der Waals surface area contributed by atoms with Crippen LogP contribution in [0.4, 0.5) is 0 Å². The van der Waals surface area contributed by atoms with Crippen molar-refractivity contribution < 1.29 is 79.2 Å². The van der Waals surface area contributed by atoms with E-state index in [2.05, 4.69) is 5.32 Å². The van der Waals surface area contributed by atoms with E-state index >= 15 is 0 Å². The highest BCUT2D eigenvalue weighted by Crippen LogP contribution is 2.47. The number of nitrogens with zero attached hydrogens (tertiary/aromatic N) is 7. The van der Waals surface area contributed by atoms with Crippen molar-refractivity contribution in [1.29, 1.82) is 0 Å². The van der Waals surface area contributed by atoms with Crippen LogP contribution in [-0.4, -0.2) is 148 Å². The molecule has 8 aromatic rings. The molecule has 8 aromatic carbocycles. The number of carboxylic acid groups (broad SMARTS) is 8. The molecule has 0 radical (unpaired) electrons. The van der Waals surface area contributed by atoms with Crippen molar-refractivity contribution in [2.24, 2.45) is 20.0 Å². The fraction of sp³-hybridized carbons (Fsp3) is 0.104. The van der Waals surface area contributed by atoms with Crippen LogP contribution in [0.2, 0.25) is 0 Å². The lowest BCUT2D eigenvalue weighted by molar-refractivity contribution is 0.0651. The number of carboxylic acids is 8. The van der Waals surface area contributed by atoms with Gasteiger partial charge in [0.15, 0.2) is 18.5 Å². The smallest absolute Gasteiger partial charge is 0.336 e. The van der Waals surface area contributed by atoms with Gasteiger partial charge in [-0.05, 0) is 146 Å². The SMILES string of the molecule is CN1C2=NC3c4cc(Sc5ccc(C(=O)O)c(C(=O)O)c5)ccc4C(=NC4c5cc(Sc6ccc(C(=O)O)c(C(=O)O)c6)ccc5C(=NC5NC(=NC1c1cc(Sc6ccc(C(=O)O)c(C(=O)O)c6)ccc12)c1ccc(Sc2ccc(C(=O)O)c(C(=O)O)c2)cc15)N4C)N3C. The van der Waals surface area contributed by atoms with Gasteiger partial charge >= 0.3 is 47.8 Å². The Labute approximate surface area is 553 Å². The molecule has 5 aliphatic heterocycles. The van der Waals surface area contributed by atoms with Gasteiger partial charge in [0, 0.05) is 105 Å². The largest absolute Gasteiger partial charge is 0.478 e. The average molecular weight is 1350 g/mol. The van der Waals surface area contributed by atoms with Crippen LogP contribution in [-0.2, 0) is 0 Å². The molecule has 24 nitrogen and oxygen atoms in total. The van der Waals surface area contributed by atoms with Crippen LogP contribution in [0.5, 0.6) is 0 Å². The average Bonchev–Trinajstić information content (AvgIpc) is 1.58. The molecule has 5 heterocycles. The monoisotopic (exact) mass is 1350 g/mol. The van der Waals surface area contributed by atoms with Crippen molar-refractivity contribution in [2.45, 2.75) is 63.8 Å². The van der Waals surface area contributed by atoms with Crippen molar-refractivity contribution in [3.05, 3.63) is 235 Å². The van der Waals surface area contributed by atoms with E-state index in [1.807, 2.05) is 109 Å². The minimum atomic E-state index is -1.42. The Morgan fingerprint density at radius 1 is 0.305 bits per heavy atom. The summed E-state index contributed by atoms with van der Waals surface area (Å²) in [6.45, 7) is 0. The molecule has 4 atom stereocenters. The highest BCUT2D eigenvalue weighted by Gasteiger charge is 2.43. The Morgan fingerprint density at radius 2 is 0.547 bits per heavy atom.